The normalized spacial score (nSPS) is 10.5. The molecule has 0 aromatic heterocycles. The summed E-state index contributed by atoms with van der Waals surface area (Å²) in [6.45, 7) is 2.36. The monoisotopic (exact) mass is 497 g/mol. The first-order chi connectivity index (χ1) is 15.4. The van der Waals surface area contributed by atoms with Crippen LogP contribution in [0.25, 0.3) is 0 Å². The van der Waals surface area contributed by atoms with Gasteiger partial charge in [0.25, 0.3) is 0 Å². The molecule has 166 valence electrons. The number of rotatable bonds is 9. The van der Waals surface area contributed by atoms with E-state index in [1.165, 1.54) is 7.11 Å². The van der Waals surface area contributed by atoms with E-state index in [9.17, 15) is 9.59 Å². The van der Waals surface area contributed by atoms with Gasteiger partial charge >= 0.3 is 5.97 Å². The summed E-state index contributed by atoms with van der Waals surface area (Å²) in [7, 11) is 1.53. The fourth-order valence-corrected chi connectivity index (χ4v) is 3.67. The predicted octanol–water partition coefficient (Wildman–Crippen LogP) is 5.43. The molecule has 6 nitrogen and oxygen atoms in total. The lowest BCUT2D eigenvalue weighted by Gasteiger charge is -2.23. The van der Waals surface area contributed by atoms with Gasteiger partial charge in [0.15, 0.2) is 11.5 Å². The van der Waals surface area contributed by atoms with Crippen LogP contribution in [-0.2, 0) is 29.1 Å². The molecule has 0 atom stereocenters. The van der Waals surface area contributed by atoms with E-state index in [4.69, 9.17) is 14.6 Å². The van der Waals surface area contributed by atoms with Gasteiger partial charge < -0.3 is 19.5 Å². The highest BCUT2D eigenvalue weighted by molar-refractivity contribution is 9.10. The van der Waals surface area contributed by atoms with Crippen LogP contribution in [0.5, 0.6) is 17.2 Å². The van der Waals surface area contributed by atoms with Crippen molar-refractivity contribution >= 4 is 27.8 Å². The molecule has 3 rings (SSSR count). The number of carbonyl (C=O) groups is 2. The summed E-state index contributed by atoms with van der Waals surface area (Å²) in [5.41, 5.74) is 2.43. The summed E-state index contributed by atoms with van der Waals surface area (Å²) in [5.74, 6) is 0.468. The molecule has 0 saturated carbocycles. The first kappa shape index (κ1) is 23.3. The Kier molecular flexibility index (Phi) is 7.89. The predicted molar refractivity (Wildman–Crippen MR) is 125 cm³/mol. The molecule has 0 aliphatic carbocycles. The van der Waals surface area contributed by atoms with Gasteiger partial charge in [0, 0.05) is 30.0 Å². The van der Waals surface area contributed by atoms with E-state index < -0.39 is 5.97 Å². The molecule has 0 fully saturated rings. The minimum absolute atomic E-state index is 0.0548. The SMILES string of the molecule is COc1ccc(CC(=O)O)cc1Oc1ccc(Br)cc1CN(Cc1ccccc1)C(C)=O. The summed E-state index contributed by atoms with van der Waals surface area (Å²) in [5, 5.41) is 9.11. The third-order valence-electron chi connectivity index (χ3n) is 4.85. The molecule has 1 amide bonds. The summed E-state index contributed by atoms with van der Waals surface area (Å²) >= 11 is 3.49. The van der Waals surface area contributed by atoms with E-state index in [2.05, 4.69) is 15.9 Å². The molecule has 0 radical (unpaired) electrons. The minimum Gasteiger partial charge on any atom is -0.493 e. The molecule has 0 saturated heterocycles. The smallest absolute Gasteiger partial charge is 0.307 e. The highest BCUT2D eigenvalue weighted by atomic mass is 79.9. The van der Waals surface area contributed by atoms with E-state index in [0.29, 0.717) is 35.9 Å². The number of aliphatic carboxylic acids is 1. The summed E-state index contributed by atoms with van der Waals surface area (Å²) < 4.78 is 12.4. The van der Waals surface area contributed by atoms with Gasteiger partial charge in [0.1, 0.15) is 5.75 Å². The number of carbonyl (C=O) groups excluding carboxylic acids is 1. The lowest BCUT2D eigenvalue weighted by atomic mass is 10.1. The Labute approximate surface area is 195 Å². The molecule has 1 N–H and O–H groups in total. The van der Waals surface area contributed by atoms with Gasteiger partial charge in [0.2, 0.25) is 5.91 Å². The molecule has 0 aliphatic rings. The molecule has 0 aliphatic heterocycles. The van der Waals surface area contributed by atoms with E-state index >= 15 is 0 Å². The number of carboxylic acid groups (broad SMARTS) is 1. The van der Waals surface area contributed by atoms with Gasteiger partial charge in [-0.15, -0.1) is 0 Å². The van der Waals surface area contributed by atoms with Crippen molar-refractivity contribution in [3.8, 4) is 17.2 Å². The van der Waals surface area contributed by atoms with Crippen LogP contribution in [-0.4, -0.2) is 29.0 Å². The Balaban J connectivity index is 1.91. The number of nitrogens with zero attached hydrogens (tertiary/aromatic N) is 1. The molecule has 0 bridgehead atoms. The van der Waals surface area contributed by atoms with Crippen LogP contribution in [0.2, 0.25) is 0 Å². The minimum atomic E-state index is -0.927. The van der Waals surface area contributed by atoms with Crippen molar-refractivity contribution in [1.29, 1.82) is 0 Å². The standard InChI is InChI=1S/C25H24BrNO5/c1-17(28)27(15-18-6-4-3-5-7-18)16-20-14-21(26)9-11-22(20)32-24-12-19(13-25(29)30)8-10-23(24)31-2/h3-12,14H,13,15-16H2,1-2H3,(H,29,30). The number of hydrogen-bond donors (Lipinski definition) is 1. The third kappa shape index (κ3) is 6.34. The van der Waals surface area contributed by atoms with E-state index in [1.54, 1.807) is 30.0 Å². The second kappa shape index (κ2) is 10.8. The molecule has 3 aromatic carbocycles. The average molecular weight is 498 g/mol. The molecular formula is C25H24BrNO5. The fourth-order valence-electron chi connectivity index (χ4n) is 3.26. The third-order valence-corrected chi connectivity index (χ3v) is 5.34. The van der Waals surface area contributed by atoms with E-state index in [-0.39, 0.29) is 12.3 Å². The summed E-state index contributed by atoms with van der Waals surface area (Å²) in [6, 6.07) is 20.4. The fraction of sp³-hybridized carbons (Fsp3) is 0.200. The zero-order chi connectivity index (χ0) is 23.1. The Morgan fingerprint density at radius 3 is 2.28 bits per heavy atom. The maximum absolute atomic E-state index is 12.4. The van der Waals surface area contributed by atoms with Crippen LogP contribution < -0.4 is 9.47 Å². The second-order valence-corrected chi connectivity index (χ2v) is 8.19. The highest BCUT2D eigenvalue weighted by Crippen LogP contribution is 2.35. The molecule has 0 spiro atoms. The van der Waals surface area contributed by atoms with Crippen molar-refractivity contribution < 1.29 is 24.2 Å². The van der Waals surface area contributed by atoms with Crippen molar-refractivity contribution in [3.63, 3.8) is 0 Å². The maximum atomic E-state index is 12.4. The Bertz CT molecular complexity index is 1100. The topological polar surface area (TPSA) is 76.1 Å². The number of halogens is 1. The lowest BCUT2D eigenvalue weighted by Crippen LogP contribution is -2.27. The molecular weight excluding hydrogens is 474 g/mol. The Morgan fingerprint density at radius 2 is 1.62 bits per heavy atom. The zero-order valence-electron chi connectivity index (χ0n) is 17.9. The van der Waals surface area contributed by atoms with Gasteiger partial charge in [0.05, 0.1) is 13.5 Å². The number of hydrogen-bond acceptors (Lipinski definition) is 4. The number of carboxylic acids is 1. The first-order valence-electron chi connectivity index (χ1n) is 10.00. The average Bonchev–Trinajstić information content (AvgIpc) is 2.75. The lowest BCUT2D eigenvalue weighted by molar-refractivity contribution is -0.136. The largest absolute Gasteiger partial charge is 0.493 e. The van der Waals surface area contributed by atoms with Crippen LogP contribution in [0.3, 0.4) is 0 Å². The van der Waals surface area contributed by atoms with E-state index in [1.807, 2.05) is 48.5 Å². The van der Waals surface area contributed by atoms with Gasteiger partial charge in [-0.3, -0.25) is 9.59 Å². The Hall–Kier alpha value is -3.32. The van der Waals surface area contributed by atoms with Gasteiger partial charge in [-0.25, -0.2) is 0 Å². The molecule has 3 aromatic rings. The maximum Gasteiger partial charge on any atom is 0.307 e. The number of benzene rings is 3. The van der Waals surface area contributed by atoms with Crippen molar-refractivity contribution in [3.05, 3.63) is 87.9 Å². The van der Waals surface area contributed by atoms with Crippen molar-refractivity contribution in [2.75, 3.05) is 7.11 Å². The quantitative estimate of drug-likeness (QED) is 0.426. The first-order valence-corrected chi connectivity index (χ1v) is 10.8. The van der Waals surface area contributed by atoms with Crippen molar-refractivity contribution in [2.24, 2.45) is 0 Å². The van der Waals surface area contributed by atoms with Crippen LogP contribution in [0, 0.1) is 0 Å². The second-order valence-electron chi connectivity index (χ2n) is 7.27. The van der Waals surface area contributed by atoms with Gasteiger partial charge in [-0.2, -0.15) is 0 Å². The van der Waals surface area contributed by atoms with Crippen LogP contribution in [0.4, 0.5) is 0 Å². The number of ether oxygens (including phenoxy) is 2. The number of amides is 1. The van der Waals surface area contributed by atoms with E-state index in [0.717, 1.165) is 15.6 Å². The highest BCUT2D eigenvalue weighted by Gasteiger charge is 2.16. The van der Waals surface area contributed by atoms with Gasteiger partial charge in [-0.1, -0.05) is 52.3 Å². The van der Waals surface area contributed by atoms with Crippen molar-refractivity contribution in [1.82, 2.24) is 4.90 Å². The molecule has 0 heterocycles. The van der Waals surface area contributed by atoms with Crippen LogP contribution in [0.1, 0.15) is 23.6 Å². The number of methoxy groups -OCH3 is 1. The molecule has 32 heavy (non-hydrogen) atoms. The van der Waals surface area contributed by atoms with Crippen LogP contribution in [0.15, 0.2) is 71.2 Å². The summed E-state index contributed by atoms with van der Waals surface area (Å²) in [4.78, 5) is 25.2. The summed E-state index contributed by atoms with van der Waals surface area (Å²) in [6.07, 6.45) is -0.122. The molecule has 0 unspecified atom stereocenters. The van der Waals surface area contributed by atoms with Crippen LogP contribution >= 0.6 is 15.9 Å². The van der Waals surface area contributed by atoms with Crippen molar-refractivity contribution in [2.45, 2.75) is 26.4 Å². The zero-order valence-corrected chi connectivity index (χ0v) is 19.5. The Morgan fingerprint density at radius 1 is 0.906 bits per heavy atom. The van der Waals surface area contributed by atoms with Gasteiger partial charge in [-0.05, 0) is 41.5 Å². The molecule has 7 heteroatoms.